The summed E-state index contributed by atoms with van der Waals surface area (Å²) in [5.41, 5.74) is 11.4. The zero-order valence-corrected chi connectivity index (χ0v) is 14.9. The third-order valence-electron chi connectivity index (χ3n) is 4.28. The molecule has 0 bridgehead atoms. The van der Waals surface area contributed by atoms with Crippen LogP contribution in [-0.2, 0) is 0 Å². The Morgan fingerprint density at radius 3 is 2.62 bits per heavy atom. The number of hydrogen-bond donors (Lipinski definition) is 2. The summed E-state index contributed by atoms with van der Waals surface area (Å²) in [5, 5.41) is 8.00. The molecular weight excluding hydrogens is 347 g/mol. The number of halogens is 2. The van der Waals surface area contributed by atoms with Gasteiger partial charge in [-0.05, 0) is 53.0 Å². The van der Waals surface area contributed by atoms with E-state index in [1.165, 1.54) is 12.1 Å². The molecule has 130 valence electrons. The van der Waals surface area contributed by atoms with Gasteiger partial charge in [-0.3, -0.25) is 0 Å². The molecule has 3 N–H and O–H groups in total. The first-order valence-electron chi connectivity index (χ1n) is 8.14. The molecule has 2 aromatic carbocycles. The smallest absolute Gasteiger partial charge is 0.141 e. The van der Waals surface area contributed by atoms with Gasteiger partial charge in [-0.15, -0.1) is 0 Å². The van der Waals surface area contributed by atoms with Crippen LogP contribution in [0, 0.1) is 11.2 Å². The van der Waals surface area contributed by atoms with Gasteiger partial charge in [0.2, 0.25) is 0 Å². The van der Waals surface area contributed by atoms with Gasteiger partial charge >= 0.3 is 0 Å². The maximum atomic E-state index is 13.6. The Labute approximate surface area is 157 Å². The second-order valence-electron chi connectivity index (χ2n) is 5.93. The van der Waals surface area contributed by atoms with Crippen LogP contribution in [0.2, 0.25) is 5.02 Å². The van der Waals surface area contributed by atoms with E-state index in [0.29, 0.717) is 17.7 Å². The molecule has 0 fully saturated rings. The number of rotatable bonds is 4. The molecular formula is C22H18ClFN2. The van der Waals surface area contributed by atoms with Crippen molar-refractivity contribution < 1.29 is 4.39 Å². The summed E-state index contributed by atoms with van der Waals surface area (Å²) in [7, 11) is 0. The van der Waals surface area contributed by atoms with Crippen molar-refractivity contribution in [2.75, 3.05) is 5.73 Å². The Morgan fingerprint density at radius 2 is 1.92 bits per heavy atom. The van der Waals surface area contributed by atoms with Gasteiger partial charge in [-0.1, -0.05) is 60.7 Å². The maximum absolute atomic E-state index is 13.6. The van der Waals surface area contributed by atoms with E-state index in [2.05, 4.69) is 6.58 Å². The van der Waals surface area contributed by atoms with E-state index < -0.39 is 5.82 Å². The highest BCUT2D eigenvalue weighted by molar-refractivity contribution is 6.31. The lowest BCUT2D eigenvalue weighted by Gasteiger charge is -2.14. The molecule has 1 aliphatic rings. The molecule has 2 aromatic rings. The summed E-state index contributed by atoms with van der Waals surface area (Å²) in [4.78, 5) is 0. The minimum absolute atomic E-state index is 0.0980. The maximum Gasteiger partial charge on any atom is 0.141 e. The molecule has 0 atom stereocenters. The topological polar surface area (TPSA) is 49.9 Å². The number of anilines is 1. The normalized spacial score (nSPS) is 13.6. The van der Waals surface area contributed by atoms with Gasteiger partial charge in [0.25, 0.3) is 0 Å². The number of benzene rings is 2. The molecule has 0 saturated carbocycles. The van der Waals surface area contributed by atoms with Gasteiger partial charge in [0.05, 0.1) is 10.7 Å². The van der Waals surface area contributed by atoms with Crippen molar-refractivity contribution in [3.8, 4) is 0 Å². The van der Waals surface area contributed by atoms with Crippen LogP contribution in [0.5, 0.6) is 0 Å². The van der Waals surface area contributed by atoms with Crippen LogP contribution in [0.15, 0.2) is 73.4 Å². The highest BCUT2D eigenvalue weighted by atomic mass is 35.5. The molecule has 0 saturated heterocycles. The largest absolute Gasteiger partial charge is 0.398 e. The fraction of sp³-hybridized carbons (Fsp3) is 0.0455. The predicted molar refractivity (Wildman–Crippen MR) is 109 cm³/mol. The molecule has 1 aliphatic carbocycles. The van der Waals surface area contributed by atoms with Crippen LogP contribution in [0.4, 0.5) is 10.1 Å². The van der Waals surface area contributed by atoms with Crippen LogP contribution < -0.4 is 5.73 Å². The minimum atomic E-state index is -0.436. The highest BCUT2D eigenvalue weighted by Crippen LogP contribution is 2.34. The summed E-state index contributed by atoms with van der Waals surface area (Å²) < 4.78 is 13.6. The van der Waals surface area contributed by atoms with Crippen molar-refractivity contribution >= 4 is 34.1 Å². The standard InChI is InChI=1S/C22H18ClFN2/c1-2-21(25)18-10-8-15(13-22(18)26)17-7-5-3-4-6-16(17)14-9-11-20(24)19(23)12-14/h2-5,7-13,25H,1,6,26H2. The van der Waals surface area contributed by atoms with Crippen LogP contribution in [0.25, 0.3) is 11.1 Å². The molecule has 0 radical (unpaired) electrons. The molecule has 0 amide bonds. The second-order valence-corrected chi connectivity index (χ2v) is 6.34. The van der Waals surface area contributed by atoms with Crippen LogP contribution in [-0.4, -0.2) is 5.71 Å². The van der Waals surface area contributed by atoms with Crippen molar-refractivity contribution in [2.24, 2.45) is 0 Å². The van der Waals surface area contributed by atoms with Crippen LogP contribution >= 0.6 is 11.6 Å². The lowest BCUT2D eigenvalue weighted by Crippen LogP contribution is -2.01. The van der Waals surface area contributed by atoms with Gasteiger partial charge in [0.15, 0.2) is 0 Å². The zero-order valence-electron chi connectivity index (χ0n) is 14.1. The van der Waals surface area contributed by atoms with Crippen molar-refractivity contribution in [3.63, 3.8) is 0 Å². The Morgan fingerprint density at radius 1 is 1.15 bits per heavy atom. The van der Waals surface area contributed by atoms with Gasteiger partial charge in [-0.25, -0.2) is 4.39 Å². The quantitative estimate of drug-likeness (QED) is 0.504. The van der Waals surface area contributed by atoms with E-state index in [0.717, 1.165) is 22.3 Å². The second kappa shape index (κ2) is 7.54. The van der Waals surface area contributed by atoms with E-state index in [9.17, 15) is 4.39 Å². The fourth-order valence-corrected chi connectivity index (χ4v) is 3.12. The number of hydrogen-bond acceptors (Lipinski definition) is 2. The predicted octanol–water partition coefficient (Wildman–Crippen LogP) is 6.04. The molecule has 26 heavy (non-hydrogen) atoms. The van der Waals surface area contributed by atoms with Gasteiger partial charge < -0.3 is 11.1 Å². The van der Waals surface area contributed by atoms with E-state index in [1.807, 2.05) is 42.5 Å². The van der Waals surface area contributed by atoms with Gasteiger partial charge in [0, 0.05) is 11.3 Å². The number of nitrogen functional groups attached to an aromatic ring is 1. The van der Waals surface area contributed by atoms with Crippen molar-refractivity contribution in [1.82, 2.24) is 0 Å². The third kappa shape index (κ3) is 3.53. The summed E-state index contributed by atoms with van der Waals surface area (Å²) in [6, 6.07) is 10.4. The summed E-state index contributed by atoms with van der Waals surface area (Å²) in [6.45, 7) is 3.62. The van der Waals surface area contributed by atoms with Crippen LogP contribution in [0.3, 0.4) is 0 Å². The van der Waals surface area contributed by atoms with Gasteiger partial charge in [0.1, 0.15) is 5.82 Å². The molecule has 0 aliphatic heterocycles. The molecule has 2 nitrogen and oxygen atoms in total. The molecule has 0 heterocycles. The first-order valence-corrected chi connectivity index (χ1v) is 8.52. The zero-order chi connectivity index (χ0) is 18.7. The molecule has 3 rings (SSSR count). The Bertz CT molecular complexity index is 984. The average Bonchev–Trinajstić information content (AvgIpc) is 2.89. The fourth-order valence-electron chi connectivity index (χ4n) is 2.94. The van der Waals surface area contributed by atoms with E-state index >= 15 is 0 Å². The van der Waals surface area contributed by atoms with Crippen molar-refractivity contribution in [2.45, 2.75) is 6.42 Å². The average molecular weight is 365 g/mol. The Hall–Kier alpha value is -2.91. The van der Waals surface area contributed by atoms with E-state index in [4.69, 9.17) is 22.7 Å². The molecule has 4 heteroatoms. The number of nitrogens with one attached hydrogen (secondary N) is 1. The van der Waals surface area contributed by atoms with Gasteiger partial charge in [-0.2, -0.15) is 0 Å². The Balaban J connectivity index is 2.16. The number of nitrogens with two attached hydrogens (primary N) is 1. The van der Waals surface area contributed by atoms with Crippen molar-refractivity contribution in [3.05, 3.63) is 101 Å². The van der Waals surface area contributed by atoms with Crippen LogP contribution in [0.1, 0.15) is 23.1 Å². The van der Waals surface area contributed by atoms with E-state index in [1.54, 1.807) is 12.1 Å². The third-order valence-corrected chi connectivity index (χ3v) is 4.57. The SMILES string of the molecule is C=CC(=N)c1ccc(C2=C(c3ccc(F)c(Cl)c3)CC=CC=C2)cc1N. The lowest BCUT2D eigenvalue weighted by atomic mass is 9.91. The first kappa shape index (κ1) is 17.9. The Kier molecular flexibility index (Phi) is 5.19. The first-order chi connectivity index (χ1) is 12.5. The monoisotopic (exact) mass is 364 g/mol. The lowest BCUT2D eigenvalue weighted by molar-refractivity contribution is 0.628. The van der Waals surface area contributed by atoms with E-state index in [-0.39, 0.29) is 10.7 Å². The summed E-state index contributed by atoms with van der Waals surface area (Å²) in [6.07, 6.45) is 10.1. The molecule has 0 spiro atoms. The summed E-state index contributed by atoms with van der Waals surface area (Å²) >= 11 is 5.98. The molecule has 0 unspecified atom stereocenters. The van der Waals surface area contributed by atoms with Crippen molar-refractivity contribution in [1.29, 1.82) is 5.41 Å². The highest BCUT2D eigenvalue weighted by Gasteiger charge is 2.13. The minimum Gasteiger partial charge on any atom is -0.398 e. The molecule has 0 aromatic heterocycles. The summed E-state index contributed by atoms with van der Waals surface area (Å²) in [5.74, 6) is -0.436. The number of allylic oxidation sites excluding steroid dienone is 7.